The van der Waals surface area contributed by atoms with Gasteiger partial charge in [0, 0.05) is 25.4 Å². The predicted octanol–water partition coefficient (Wildman–Crippen LogP) is 5.60. The smallest absolute Gasteiger partial charge is 0.409 e. The molecule has 0 N–H and O–H groups in total. The molecule has 0 radical (unpaired) electrons. The molecule has 0 aromatic heterocycles. The van der Waals surface area contributed by atoms with Gasteiger partial charge in [0.2, 0.25) is 5.78 Å². The average molecular weight is 418 g/mol. The number of Topliss-reactive ketones (excluding diaryl/α,β-unsaturated/α-hetero) is 2. The van der Waals surface area contributed by atoms with Crippen molar-refractivity contribution >= 4 is 17.7 Å². The fraction of sp³-hybridized carbons (Fsp3) is 0.640. The van der Waals surface area contributed by atoms with Gasteiger partial charge >= 0.3 is 6.09 Å². The van der Waals surface area contributed by atoms with Gasteiger partial charge in [0.05, 0.1) is 6.61 Å². The van der Waals surface area contributed by atoms with Crippen LogP contribution in [0.4, 0.5) is 4.79 Å². The molecule has 1 aromatic rings. The zero-order chi connectivity index (χ0) is 22.4. The summed E-state index contributed by atoms with van der Waals surface area (Å²) in [6.45, 7) is 6.59. The minimum atomic E-state index is -0.567. The van der Waals surface area contributed by atoms with E-state index in [0.29, 0.717) is 32.4 Å². The fourth-order valence-electron chi connectivity index (χ4n) is 3.08. The molecule has 1 rings (SSSR count). The van der Waals surface area contributed by atoms with Crippen molar-refractivity contribution in [2.24, 2.45) is 5.41 Å². The third-order valence-corrected chi connectivity index (χ3v) is 5.64. The molecule has 5 heteroatoms. The Kier molecular flexibility index (Phi) is 12.0. The molecule has 0 aliphatic heterocycles. The first-order valence-electron chi connectivity index (χ1n) is 11.3. The highest BCUT2D eigenvalue weighted by Gasteiger charge is 2.30. The number of unbranched alkanes of at least 4 members (excludes halogenated alkanes) is 4. The van der Waals surface area contributed by atoms with Crippen molar-refractivity contribution in [2.75, 3.05) is 20.2 Å². The summed E-state index contributed by atoms with van der Waals surface area (Å²) in [7, 11) is 1.73. The van der Waals surface area contributed by atoms with Gasteiger partial charge in [-0.1, -0.05) is 57.5 Å². The number of ether oxygens (including phenoxy) is 1. The van der Waals surface area contributed by atoms with Gasteiger partial charge in [-0.3, -0.25) is 9.59 Å². The van der Waals surface area contributed by atoms with Crippen molar-refractivity contribution in [2.45, 2.75) is 78.6 Å². The lowest BCUT2D eigenvalue weighted by Gasteiger charge is -2.19. The number of hydrogen-bond acceptors (Lipinski definition) is 4. The summed E-state index contributed by atoms with van der Waals surface area (Å²) in [5.74, 6) is -0.545. The van der Waals surface area contributed by atoms with Gasteiger partial charge in [-0.05, 0) is 50.5 Å². The number of aryl methyl sites for hydroxylation is 1. The summed E-state index contributed by atoms with van der Waals surface area (Å²) >= 11 is 0. The van der Waals surface area contributed by atoms with Gasteiger partial charge in [-0.15, -0.1) is 0 Å². The number of benzene rings is 1. The van der Waals surface area contributed by atoms with E-state index in [4.69, 9.17) is 4.74 Å². The number of ketones is 2. The van der Waals surface area contributed by atoms with Gasteiger partial charge in [0.15, 0.2) is 5.78 Å². The molecule has 0 saturated heterocycles. The standard InChI is InChI=1S/C25H39NO4/c1-5-25(2,3)23(28)22(27)18-12-7-13-19-26(4)24(29)30-20-14-8-11-17-21-15-9-6-10-16-21/h6,9-10,15-16H,5,7-8,11-14,17-20H2,1-4H3. The highest BCUT2D eigenvalue weighted by molar-refractivity contribution is 6.38. The van der Waals surface area contributed by atoms with Gasteiger partial charge in [0.25, 0.3) is 0 Å². The highest BCUT2D eigenvalue weighted by atomic mass is 16.6. The normalized spacial score (nSPS) is 11.2. The van der Waals surface area contributed by atoms with E-state index in [0.717, 1.165) is 38.5 Å². The van der Waals surface area contributed by atoms with E-state index >= 15 is 0 Å². The van der Waals surface area contributed by atoms with E-state index in [-0.39, 0.29) is 17.7 Å². The minimum absolute atomic E-state index is 0.269. The van der Waals surface area contributed by atoms with Crippen LogP contribution in [0.1, 0.15) is 77.7 Å². The first-order chi connectivity index (χ1) is 14.3. The van der Waals surface area contributed by atoms with Crippen LogP contribution in [-0.4, -0.2) is 42.8 Å². The van der Waals surface area contributed by atoms with Crippen LogP contribution in [0.15, 0.2) is 30.3 Å². The van der Waals surface area contributed by atoms with Crippen LogP contribution >= 0.6 is 0 Å². The Bertz CT molecular complexity index is 654. The molecular weight excluding hydrogens is 378 g/mol. The van der Waals surface area contributed by atoms with E-state index < -0.39 is 5.41 Å². The third kappa shape index (κ3) is 10.0. The van der Waals surface area contributed by atoms with Crippen LogP contribution in [0.25, 0.3) is 0 Å². The summed E-state index contributed by atoms with van der Waals surface area (Å²) < 4.78 is 5.32. The predicted molar refractivity (Wildman–Crippen MR) is 121 cm³/mol. The van der Waals surface area contributed by atoms with E-state index in [1.165, 1.54) is 5.56 Å². The topological polar surface area (TPSA) is 63.7 Å². The van der Waals surface area contributed by atoms with Crippen LogP contribution < -0.4 is 0 Å². The molecule has 1 aromatic carbocycles. The van der Waals surface area contributed by atoms with Crippen molar-refractivity contribution in [1.29, 1.82) is 0 Å². The van der Waals surface area contributed by atoms with Crippen molar-refractivity contribution < 1.29 is 19.1 Å². The van der Waals surface area contributed by atoms with Gasteiger partial charge < -0.3 is 9.64 Å². The zero-order valence-corrected chi connectivity index (χ0v) is 19.2. The molecule has 0 atom stereocenters. The van der Waals surface area contributed by atoms with Crippen molar-refractivity contribution in [1.82, 2.24) is 4.90 Å². The largest absolute Gasteiger partial charge is 0.449 e. The maximum Gasteiger partial charge on any atom is 0.409 e. The number of carbonyl (C=O) groups is 3. The summed E-state index contributed by atoms with van der Waals surface area (Å²) in [6.07, 6.45) is 6.99. The number of amides is 1. The Morgan fingerprint density at radius 1 is 0.933 bits per heavy atom. The van der Waals surface area contributed by atoms with E-state index in [9.17, 15) is 14.4 Å². The second-order valence-corrected chi connectivity index (χ2v) is 8.63. The first-order valence-corrected chi connectivity index (χ1v) is 11.3. The highest BCUT2D eigenvalue weighted by Crippen LogP contribution is 2.22. The molecule has 168 valence electrons. The van der Waals surface area contributed by atoms with Crippen LogP contribution in [0.2, 0.25) is 0 Å². The van der Waals surface area contributed by atoms with Gasteiger partial charge in [-0.2, -0.15) is 0 Å². The maximum absolute atomic E-state index is 12.1. The maximum atomic E-state index is 12.1. The molecule has 30 heavy (non-hydrogen) atoms. The van der Waals surface area contributed by atoms with Gasteiger partial charge in [0.1, 0.15) is 0 Å². The van der Waals surface area contributed by atoms with Crippen LogP contribution in [0.5, 0.6) is 0 Å². The van der Waals surface area contributed by atoms with Crippen LogP contribution in [-0.2, 0) is 20.7 Å². The first kappa shape index (κ1) is 25.9. The molecular formula is C25H39NO4. The Morgan fingerprint density at radius 3 is 2.27 bits per heavy atom. The lowest BCUT2D eigenvalue weighted by molar-refractivity contribution is -0.141. The molecule has 5 nitrogen and oxygen atoms in total. The summed E-state index contributed by atoms with van der Waals surface area (Å²) in [5, 5.41) is 0. The van der Waals surface area contributed by atoms with Gasteiger partial charge in [-0.25, -0.2) is 4.79 Å². The molecule has 0 aliphatic carbocycles. The monoisotopic (exact) mass is 417 g/mol. The molecule has 0 aliphatic rings. The number of nitrogens with zero attached hydrogens (tertiary/aromatic N) is 1. The van der Waals surface area contributed by atoms with E-state index in [1.54, 1.807) is 11.9 Å². The zero-order valence-electron chi connectivity index (χ0n) is 19.2. The second kappa shape index (κ2) is 13.9. The number of rotatable bonds is 15. The Morgan fingerprint density at radius 2 is 1.60 bits per heavy atom. The van der Waals surface area contributed by atoms with Crippen LogP contribution in [0, 0.1) is 5.41 Å². The molecule has 0 unspecified atom stereocenters. The van der Waals surface area contributed by atoms with Crippen molar-refractivity contribution in [3.63, 3.8) is 0 Å². The lowest BCUT2D eigenvalue weighted by Crippen LogP contribution is -2.30. The SMILES string of the molecule is CCC(C)(C)C(=O)C(=O)CCCCCN(C)C(=O)OCCCCCc1ccccc1. The molecule has 1 amide bonds. The third-order valence-electron chi connectivity index (χ3n) is 5.64. The summed E-state index contributed by atoms with van der Waals surface area (Å²) in [6, 6.07) is 10.4. The summed E-state index contributed by atoms with van der Waals surface area (Å²) in [4.78, 5) is 37.7. The van der Waals surface area contributed by atoms with Crippen molar-refractivity contribution in [3.05, 3.63) is 35.9 Å². The molecule has 0 heterocycles. The number of carbonyl (C=O) groups excluding carboxylic acids is 3. The minimum Gasteiger partial charge on any atom is -0.449 e. The summed E-state index contributed by atoms with van der Waals surface area (Å²) in [5.41, 5.74) is 0.775. The second-order valence-electron chi connectivity index (χ2n) is 8.63. The quantitative estimate of drug-likeness (QED) is 0.275. The molecule has 0 spiro atoms. The Hall–Kier alpha value is -2.17. The molecule has 0 fully saturated rings. The van der Waals surface area contributed by atoms with E-state index in [2.05, 4.69) is 24.3 Å². The van der Waals surface area contributed by atoms with Crippen LogP contribution in [0.3, 0.4) is 0 Å². The Balaban J connectivity index is 2.05. The van der Waals surface area contributed by atoms with E-state index in [1.807, 2.05) is 26.8 Å². The van der Waals surface area contributed by atoms with Crippen molar-refractivity contribution in [3.8, 4) is 0 Å². The average Bonchev–Trinajstić information content (AvgIpc) is 2.75. The Labute approximate surface area is 182 Å². The molecule has 0 saturated carbocycles. The fourth-order valence-corrected chi connectivity index (χ4v) is 3.08. The lowest BCUT2D eigenvalue weighted by atomic mass is 9.82. The number of hydrogen-bond donors (Lipinski definition) is 0. The molecule has 0 bridgehead atoms.